The predicted molar refractivity (Wildman–Crippen MR) is 90.1 cm³/mol. The topological polar surface area (TPSA) is 93.4 Å². The molecule has 0 spiro atoms. The highest BCUT2D eigenvalue weighted by molar-refractivity contribution is 5.74. The lowest BCUT2D eigenvalue weighted by Gasteiger charge is -2.32. The quantitative estimate of drug-likeness (QED) is 0.890. The molecule has 1 unspecified atom stereocenters. The Balaban J connectivity index is 1.51. The molecular formula is C17H23N5O3. The number of urea groups is 1. The third kappa shape index (κ3) is 4.68. The summed E-state index contributed by atoms with van der Waals surface area (Å²) in [6.45, 7) is 3.62. The van der Waals surface area contributed by atoms with E-state index < -0.39 is 0 Å². The van der Waals surface area contributed by atoms with E-state index in [9.17, 15) is 4.79 Å². The normalized spacial score (nSPS) is 17.4. The van der Waals surface area contributed by atoms with Gasteiger partial charge in [0.2, 0.25) is 11.8 Å². The molecule has 3 rings (SSSR count). The van der Waals surface area contributed by atoms with Gasteiger partial charge in [0.15, 0.2) is 5.82 Å². The highest BCUT2D eigenvalue weighted by atomic mass is 16.5. The van der Waals surface area contributed by atoms with E-state index in [0.717, 1.165) is 31.5 Å². The molecular weight excluding hydrogens is 322 g/mol. The molecule has 1 aliphatic rings. The van der Waals surface area contributed by atoms with Crippen molar-refractivity contribution < 1.29 is 14.1 Å². The van der Waals surface area contributed by atoms with Gasteiger partial charge < -0.3 is 19.5 Å². The van der Waals surface area contributed by atoms with Crippen molar-refractivity contribution in [2.45, 2.75) is 32.7 Å². The van der Waals surface area contributed by atoms with Gasteiger partial charge in [0.25, 0.3) is 0 Å². The van der Waals surface area contributed by atoms with Crippen LogP contribution >= 0.6 is 0 Å². The van der Waals surface area contributed by atoms with Gasteiger partial charge in [-0.2, -0.15) is 4.98 Å². The third-order valence-electron chi connectivity index (χ3n) is 4.26. The number of aryl methyl sites for hydroxylation is 1. The van der Waals surface area contributed by atoms with Gasteiger partial charge in [-0.15, -0.1) is 0 Å². The number of hydrogen-bond acceptors (Lipinski definition) is 6. The molecule has 2 aromatic rings. The molecule has 2 aromatic heterocycles. The molecule has 1 atom stereocenters. The summed E-state index contributed by atoms with van der Waals surface area (Å²) in [6, 6.07) is 5.43. The number of amides is 2. The SMILES string of the molecule is COc1cccc(CNC(=O)N2CCCC(Cc3noc(C)n3)C2)n1. The van der Waals surface area contributed by atoms with E-state index in [0.29, 0.717) is 36.6 Å². The highest BCUT2D eigenvalue weighted by Gasteiger charge is 2.25. The number of carbonyl (C=O) groups is 1. The Bertz CT molecular complexity index is 718. The Kier molecular flexibility index (Phi) is 5.47. The first-order valence-electron chi connectivity index (χ1n) is 8.46. The first-order chi connectivity index (χ1) is 12.1. The van der Waals surface area contributed by atoms with Crippen LogP contribution in [-0.4, -0.2) is 46.3 Å². The standard InChI is InChI=1S/C17H23N5O3/c1-12-19-15(21-25-12)9-13-5-4-8-22(11-13)17(23)18-10-14-6-3-7-16(20-14)24-2/h3,6-7,13H,4-5,8-11H2,1-2H3,(H,18,23). The van der Waals surface area contributed by atoms with Gasteiger partial charge in [0, 0.05) is 32.5 Å². The van der Waals surface area contributed by atoms with E-state index in [4.69, 9.17) is 9.26 Å². The smallest absolute Gasteiger partial charge is 0.317 e. The van der Waals surface area contributed by atoms with Crippen LogP contribution in [-0.2, 0) is 13.0 Å². The average molecular weight is 345 g/mol. The van der Waals surface area contributed by atoms with E-state index in [2.05, 4.69) is 20.4 Å². The third-order valence-corrected chi connectivity index (χ3v) is 4.26. The van der Waals surface area contributed by atoms with Gasteiger partial charge >= 0.3 is 6.03 Å². The second kappa shape index (κ2) is 7.96. The van der Waals surface area contributed by atoms with Crippen LogP contribution < -0.4 is 10.1 Å². The van der Waals surface area contributed by atoms with E-state index >= 15 is 0 Å². The van der Waals surface area contributed by atoms with Gasteiger partial charge in [0.1, 0.15) is 0 Å². The van der Waals surface area contributed by atoms with Gasteiger partial charge in [0.05, 0.1) is 19.3 Å². The van der Waals surface area contributed by atoms with Crippen molar-refractivity contribution in [1.82, 2.24) is 25.3 Å². The number of rotatable bonds is 5. The zero-order valence-corrected chi connectivity index (χ0v) is 14.6. The fraction of sp³-hybridized carbons (Fsp3) is 0.529. The van der Waals surface area contributed by atoms with E-state index in [-0.39, 0.29) is 6.03 Å². The van der Waals surface area contributed by atoms with Gasteiger partial charge in [-0.1, -0.05) is 11.2 Å². The number of pyridine rings is 1. The lowest BCUT2D eigenvalue weighted by atomic mass is 9.95. The molecule has 0 aromatic carbocycles. The molecule has 0 saturated carbocycles. The van der Waals surface area contributed by atoms with Crippen LogP contribution in [0.15, 0.2) is 22.7 Å². The number of hydrogen-bond donors (Lipinski definition) is 1. The number of nitrogens with one attached hydrogen (secondary N) is 1. The molecule has 0 aliphatic carbocycles. The number of likely N-dealkylation sites (tertiary alicyclic amines) is 1. The number of carbonyl (C=O) groups excluding carboxylic acids is 1. The van der Waals surface area contributed by atoms with Crippen molar-refractivity contribution >= 4 is 6.03 Å². The maximum absolute atomic E-state index is 12.4. The van der Waals surface area contributed by atoms with Gasteiger partial charge in [-0.25, -0.2) is 9.78 Å². The van der Waals surface area contributed by atoms with Crippen molar-refractivity contribution in [3.63, 3.8) is 0 Å². The van der Waals surface area contributed by atoms with Gasteiger partial charge in [-0.3, -0.25) is 0 Å². The van der Waals surface area contributed by atoms with Crippen LogP contribution in [0.2, 0.25) is 0 Å². The summed E-state index contributed by atoms with van der Waals surface area (Å²) in [4.78, 5) is 22.8. The summed E-state index contributed by atoms with van der Waals surface area (Å²) >= 11 is 0. The summed E-state index contributed by atoms with van der Waals surface area (Å²) in [7, 11) is 1.57. The molecule has 0 radical (unpaired) electrons. The van der Waals surface area contributed by atoms with E-state index in [1.165, 1.54) is 0 Å². The summed E-state index contributed by atoms with van der Waals surface area (Å²) in [5.74, 6) is 2.18. The molecule has 1 N–H and O–H groups in total. The lowest BCUT2D eigenvalue weighted by Crippen LogP contribution is -2.45. The molecule has 134 valence electrons. The minimum atomic E-state index is -0.0707. The van der Waals surface area contributed by atoms with Crippen LogP contribution in [0.4, 0.5) is 4.79 Å². The molecule has 0 bridgehead atoms. The molecule has 8 heteroatoms. The van der Waals surface area contributed by atoms with Crippen molar-refractivity contribution in [2.75, 3.05) is 20.2 Å². The van der Waals surface area contributed by atoms with Gasteiger partial charge in [-0.05, 0) is 24.8 Å². The Morgan fingerprint density at radius 2 is 2.32 bits per heavy atom. The number of methoxy groups -OCH3 is 1. The second-order valence-corrected chi connectivity index (χ2v) is 6.22. The first-order valence-corrected chi connectivity index (χ1v) is 8.46. The van der Waals surface area contributed by atoms with Crippen LogP contribution in [0.1, 0.15) is 30.3 Å². The van der Waals surface area contributed by atoms with Crippen LogP contribution in [0.3, 0.4) is 0 Å². The maximum Gasteiger partial charge on any atom is 0.317 e. The summed E-state index contributed by atoms with van der Waals surface area (Å²) < 4.78 is 10.1. The highest BCUT2D eigenvalue weighted by Crippen LogP contribution is 2.20. The van der Waals surface area contributed by atoms with Crippen LogP contribution in [0.5, 0.6) is 5.88 Å². The Labute approximate surface area is 146 Å². The zero-order valence-electron chi connectivity index (χ0n) is 14.6. The summed E-state index contributed by atoms with van der Waals surface area (Å²) in [5, 5.41) is 6.87. The van der Waals surface area contributed by atoms with Crippen molar-refractivity contribution in [3.8, 4) is 5.88 Å². The van der Waals surface area contributed by atoms with E-state index in [1.807, 2.05) is 17.0 Å². The summed E-state index contributed by atoms with van der Waals surface area (Å²) in [6.07, 6.45) is 2.78. The predicted octanol–water partition coefficient (Wildman–Crippen LogP) is 1.95. The minimum absolute atomic E-state index is 0.0707. The maximum atomic E-state index is 12.4. The Morgan fingerprint density at radius 1 is 1.44 bits per heavy atom. The number of ether oxygens (including phenoxy) is 1. The number of nitrogens with zero attached hydrogens (tertiary/aromatic N) is 4. The summed E-state index contributed by atoms with van der Waals surface area (Å²) in [5.41, 5.74) is 0.767. The van der Waals surface area contributed by atoms with Crippen molar-refractivity contribution in [3.05, 3.63) is 35.6 Å². The molecule has 25 heavy (non-hydrogen) atoms. The molecule has 1 fully saturated rings. The molecule has 1 saturated heterocycles. The minimum Gasteiger partial charge on any atom is -0.481 e. The van der Waals surface area contributed by atoms with E-state index in [1.54, 1.807) is 20.1 Å². The largest absolute Gasteiger partial charge is 0.481 e. The van der Waals surface area contributed by atoms with Crippen LogP contribution in [0, 0.1) is 12.8 Å². The monoisotopic (exact) mass is 345 g/mol. The Morgan fingerprint density at radius 3 is 3.08 bits per heavy atom. The first kappa shape index (κ1) is 17.2. The molecule has 3 heterocycles. The fourth-order valence-electron chi connectivity index (χ4n) is 3.05. The number of aromatic nitrogens is 3. The zero-order chi connectivity index (χ0) is 17.6. The molecule has 1 aliphatic heterocycles. The lowest BCUT2D eigenvalue weighted by molar-refractivity contribution is 0.164. The van der Waals surface area contributed by atoms with Crippen LogP contribution in [0.25, 0.3) is 0 Å². The second-order valence-electron chi connectivity index (χ2n) is 6.22. The fourth-order valence-corrected chi connectivity index (χ4v) is 3.05. The van der Waals surface area contributed by atoms with Crippen molar-refractivity contribution in [1.29, 1.82) is 0 Å². The van der Waals surface area contributed by atoms with Crippen molar-refractivity contribution in [2.24, 2.45) is 5.92 Å². The molecule has 2 amide bonds. The average Bonchev–Trinajstić information content (AvgIpc) is 3.04. The Hall–Kier alpha value is -2.64. The number of piperidine rings is 1. The molecule has 8 nitrogen and oxygen atoms in total.